The van der Waals surface area contributed by atoms with Crippen LogP contribution in [-0.2, 0) is 0 Å². The van der Waals surface area contributed by atoms with E-state index in [1.165, 1.54) is 0 Å². The molecule has 2 rings (SSSR count). The van der Waals surface area contributed by atoms with Crippen molar-refractivity contribution in [2.45, 2.75) is 0 Å². The van der Waals surface area contributed by atoms with E-state index in [0.717, 1.165) is 30.6 Å². The van der Waals surface area contributed by atoms with E-state index in [4.69, 9.17) is 9.84 Å². The average molecular weight is 279 g/mol. The summed E-state index contributed by atoms with van der Waals surface area (Å²) in [5, 5.41) is 19.4. The van der Waals surface area contributed by atoms with Crippen molar-refractivity contribution < 1.29 is 24.0 Å². The number of nitro groups is 1. The van der Waals surface area contributed by atoms with Crippen LogP contribution >= 0.6 is 0 Å². The monoisotopic (exact) mass is 279 g/mol. The first-order chi connectivity index (χ1) is 9.49. The van der Waals surface area contributed by atoms with Gasteiger partial charge in [0.15, 0.2) is 5.82 Å². The van der Waals surface area contributed by atoms with Crippen LogP contribution in [-0.4, -0.2) is 26.0 Å². The Morgan fingerprint density at radius 1 is 1.35 bits per heavy atom. The number of para-hydroxylation sites is 1. The Hall–Kier alpha value is -3.10. The molecule has 0 bridgehead atoms. The molecule has 1 N–H and O–H groups in total. The van der Waals surface area contributed by atoms with Crippen LogP contribution in [0.5, 0.6) is 11.8 Å². The molecule has 0 unspecified atom stereocenters. The van der Waals surface area contributed by atoms with E-state index in [1.807, 2.05) is 0 Å². The minimum Gasteiger partial charge on any atom is -0.478 e. The van der Waals surface area contributed by atoms with Gasteiger partial charge in [-0.2, -0.15) is 0 Å². The van der Waals surface area contributed by atoms with Crippen molar-refractivity contribution >= 4 is 11.7 Å². The molecule has 1 aromatic heterocycles. The summed E-state index contributed by atoms with van der Waals surface area (Å²) in [7, 11) is 0. The van der Waals surface area contributed by atoms with Crippen molar-refractivity contribution in [3.8, 4) is 11.8 Å². The molecule has 1 heterocycles. The van der Waals surface area contributed by atoms with Gasteiger partial charge in [-0.3, -0.25) is 10.1 Å². The molecule has 0 saturated carbocycles. The van der Waals surface area contributed by atoms with Crippen molar-refractivity contribution in [1.82, 2.24) is 9.97 Å². The predicted octanol–water partition coefficient (Wildman–Crippen LogP) is 2.01. The number of nitrogens with zero attached hydrogens (tertiary/aromatic N) is 3. The minimum atomic E-state index is -1.24. The fourth-order valence-corrected chi connectivity index (χ4v) is 1.31. The number of aromatic carboxylic acids is 1. The van der Waals surface area contributed by atoms with Gasteiger partial charge in [0.1, 0.15) is 0 Å². The Bertz CT molecular complexity index is 674. The number of hydrogen-bond acceptors (Lipinski definition) is 6. The molecule has 0 atom stereocenters. The molecule has 0 saturated heterocycles. The van der Waals surface area contributed by atoms with E-state index in [0.29, 0.717) is 0 Å². The van der Waals surface area contributed by atoms with Crippen LogP contribution in [0.2, 0.25) is 0 Å². The average Bonchev–Trinajstić information content (AvgIpc) is 2.41. The quantitative estimate of drug-likeness (QED) is 0.672. The molecule has 0 amide bonds. The number of nitro benzene ring substituents is 1. The number of carboxylic acids is 1. The molecule has 0 aliphatic heterocycles. The van der Waals surface area contributed by atoms with Gasteiger partial charge in [0.2, 0.25) is 5.75 Å². The Kier molecular flexibility index (Phi) is 3.51. The molecule has 0 spiro atoms. The normalized spacial score (nSPS) is 10.1. The molecule has 0 fully saturated rings. The lowest BCUT2D eigenvalue weighted by molar-refractivity contribution is -0.385. The van der Waals surface area contributed by atoms with Gasteiger partial charge in [-0.25, -0.2) is 19.2 Å². The third-order valence-electron chi connectivity index (χ3n) is 2.21. The van der Waals surface area contributed by atoms with Crippen LogP contribution in [0.4, 0.5) is 10.1 Å². The van der Waals surface area contributed by atoms with Gasteiger partial charge in [0, 0.05) is 18.5 Å². The summed E-state index contributed by atoms with van der Waals surface area (Å²) in [6.07, 6.45) is 1.88. The zero-order chi connectivity index (χ0) is 14.7. The van der Waals surface area contributed by atoms with Crippen LogP contribution < -0.4 is 4.74 Å². The van der Waals surface area contributed by atoms with Crippen LogP contribution in [0.1, 0.15) is 10.4 Å². The molecule has 1 aromatic carbocycles. The summed E-state index contributed by atoms with van der Waals surface area (Å²) in [6.45, 7) is 0. The van der Waals surface area contributed by atoms with E-state index in [-0.39, 0.29) is 5.56 Å². The topological polar surface area (TPSA) is 115 Å². The van der Waals surface area contributed by atoms with Gasteiger partial charge >= 0.3 is 17.7 Å². The first-order valence-corrected chi connectivity index (χ1v) is 5.15. The first kappa shape index (κ1) is 13.3. The fraction of sp³-hybridized carbons (Fsp3) is 0. The molecule has 0 aliphatic carbocycles. The van der Waals surface area contributed by atoms with Crippen molar-refractivity contribution in [2.75, 3.05) is 0 Å². The lowest BCUT2D eigenvalue weighted by Crippen LogP contribution is -2.01. The maximum Gasteiger partial charge on any atom is 0.338 e. The van der Waals surface area contributed by atoms with Crippen LogP contribution in [0.3, 0.4) is 0 Å². The largest absolute Gasteiger partial charge is 0.478 e. The lowest BCUT2D eigenvalue weighted by atomic mass is 10.3. The summed E-state index contributed by atoms with van der Waals surface area (Å²) < 4.78 is 18.4. The van der Waals surface area contributed by atoms with E-state index in [9.17, 15) is 19.3 Å². The Morgan fingerprint density at radius 3 is 2.55 bits per heavy atom. The van der Waals surface area contributed by atoms with E-state index in [2.05, 4.69) is 9.97 Å². The smallest absolute Gasteiger partial charge is 0.338 e. The molecule has 102 valence electrons. The summed E-state index contributed by atoms with van der Waals surface area (Å²) in [5.41, 5.74) is -0.781. The zero-order valence-electron chi connectivity index (χ0n) is 9.69. The highest BCUT2D eigenvalue weighted by molar-refractivity contribution is 5.86. The first-order valence-electron chi connectivity index (χ1n) is 5.15. The van der Waals surface area contributed by atoms with Gasteiger partial charge in [-0.15, -0.1) is 0 Å². The third-order valence-corrected chi connectivity index (χ3v) is 2.21. The molecular formula is C11H6FN3O5. The number of carboxylic acid groups (broad SMARTS) is 1. The summed E-state index contributed by atoms with van der Waals surface area (Å²) in [6, 6.07) is 2.80. The van der Waals surface area contributed by atoms with Gasteiger partial charge in [-0.1, -0.05) is 6.07 Å². The van der Waals surface area contributed by atoms with E-state index in [1.54, 1.807) is 0 Å². The van der Waals surface area contributed by atoms with Gasteiger partial charge in [-0.05, 0) is 6.07 Å². The Morgan fingerprint density at radius 2 is 2.00 bits per heavy atom. The highest BCUT2D eigenvalue weighted by Crippen LogP contribution is 2.32. The maximum atomic E-state index is 13.5. The van der Waals surface area contributed by atoms with E-state index < -0.39 is 34.2 Å². The molecule has 9 heteroatoms. The van der Waals surface area contributed by atoms with Crippen LogP contribution in [0, 0.1) is 15.9 Å². The standard InChI is InChI=1S/C11H6FN3O5/c12-7-2-1-3-8(15(18)19)9(7)20-11-13-4-6(5-14-11)10(16)17/h1-5H,(H,16,17). The van der Waals surface area contributed by atoms with Gasteiger partial charge in [0.05, 0.1) is 10.5 Å². The van der Waals surface area contributed by atoms with Crippen LogP contribution in [0.25, 0.3) is 0 Å². The number of halogens is 1. The lowest BCUT2D eigenvalue weighted by Gasteiger charge is -2.05. The second-order valence-corrected chi connectivity index (χ2v) is 3.51. The molecule has 8 nitrogen and oxygen atoms in total. The SMILES string of the molecule is O=C(O)c1cnc(Oc2c(F)cccc2[N+](=O)[O-])nc1. The predicted molar refractivity (Wildman–Crippen MR) is 62.1 cm³/mol. The zero-order valence-corrected chi connectivity index (χ0v) is 9.69. The number of rotatable bonds is 4. The van der Waals surface area contributed by atoms with Crippen molar-refractivity contribution in [1.29, 1.82) is 0 Å². The van der Waals surface area contributed by atoms with Crippen LogP contribution in [0.15, 0.2) is 30.6 Å². The van der Waals surface area contributed by atoms with Crippen molar-refractivity contribution in [2.24, 2.45) is 0 Å². The summed E-state index contributed by atoms with van der Waals surface area (Å²) in [4.78, 5) is 27.6. The Labute approximate surface area is 110 Å². The minimum absolute atomic E-state index is 0.194. The number of ether oxygens (including phenoxy) is 1. The Balaban J connectivity index is 2.34. The number of carbonyl (C=O) groups is 1. The summed E-state index contributed by atoms with van der Waals surface area (Å²) >= 11 is 0. The highest BCUT2D eigenvalue weighted by Gasteiger charge is 2.21. The second-order valence-electron chi connectivity index (χ2n) is 3.51. The third kappa shape index (κ3) is 2.66. The molecule has 0 radical (unpaired) electrons. The highest BCUT2D eigenvalue weighted by atomic mass is 19.1. The number of aromatic nitrogens is 2. The molecule has 2 aromatic rings. The molecule has 20 heavy (non-hydrogen) atoms. The summed E-state index contributed by atoms with van der Waals surface area (Å²) in [5.74, 6) is -2.83. The van der Waals surface area contributed by atoms with Gasteiger partial charge < -0.3 is 9.84 Å². The molecular weight excluding hydrogens is 273 g/mol. The van der Waals surface area contributed by atoms with Crippen molar-refractivity contribution in [3.05, 3.63) is 52.1 Å². The maximum absolute atomic E-state index is 13.5. The molecule has 0 aliphatic rings. The second kappa shape index (κ2) is 5.26. The fourth-order valence-electron chi connectivity index (χ4n) is 1.31. The van der Waals surface area contributed by atoms with Crippen molar-refractivity contribution in [3.63, 3.8) is 0 Å². The van der Waals surface area contributed by atoms with Gasteiger partial charge in [0.25, 0.3) is 0 Å². The number of benzene rings is 1. The number of hydrogen-bond donors (Lipinski definition) is 1. The van der Waals surface area contributed by atoms with E-state index >= 15 is 0 Å².